The summed E-state index contributed by atoms with van der Waals surface area (Å²) >= 11 is 0. The van der Waals surface area contributed by atoms with Crippen molar-refractivity contribution in [3.63, 3.8) is 0 Å². The highest BCUT2D eigenvalue weighted by atomic mass is 19.1. The quantitative estimate of drug-likeness (QED) is 0.928. The summed E-state index contributed by atoms with van der Waals surface area (Å²) in [5.74, 6) is 1.41. The Morgan fingerprint density at radius 1 is 1.30 bits per heavy atom. The summed E-state index contributed by atoms with van der Waals surface area (Å²) in [6.45, 7) is 2.74. The maximum absolute atomic E-state index is 13.1. The normalized spacial score (nSPS) is 18.1. The number of nitrogens with zero attached hydrogens (tertiary/aromatic N) is 2. The molecule has 0 aliphatic carbocycles. The van der Waals surface area contributed by atoms with E-state index in [9.17, 15) is 4.39 Å². The molecule has 2 aromatic rings. The molecule has 5 heteroatoms. The molecule has 2 heterocycles. The van der Waals surface area contributed by atoms with Crippen molar-refractivity contribution in [1.29, 1.82) is 0 Å². The van der Waals surface area contributed by atoms with E-state index < -0.39 is 0 Å². The van der Waals surface area contributed by atoms with Gasteiger partial charge >= 0.3 is 0 Å². The van der Waals surface area contributed by atoms with Gasteiger partial charge in [-0.3, -0.25) is 0 Å². The molecule has 0 saturated carbocycles. The van der Waals surface area contributed by atoms with Gasteiger partial charge in [0.05, 0.1) is 19.0 Å². The number of benzene rings is 1. The zero-order chi connectivity index (χ0) is 13.8. The highest BCUT2D eigenvalue weighted by Gasteiger charge is 2.15. The Hall–Kier alpha value is -2.01. The smallest absolute Gasteiger partial charge is 0.159 e. The van der Waals surface area contributed by atoms with Crippen molar-refractivity contribution in [2.45, 2.75) is 6.42 Å². The molecular weight excluding hydrogens is 257 g/mol. The second kappa shape index (κ2) is 5.96. The van der Waals surface area contributed by atoms with Gasteiger partial charge in [-0.05, 0) is 25.1 Å². The number of ether oxygens (including phenoxy) is 1. The van der Waals surface area contributed by atoms with E-state index in [-0.39, 0.29) is 5.82 Å². The van der Waals surface area contributed by atoms with E-state index >= 15 is 0 Å². The monoisotopic (exact) mass is 273 g/mol. The second-order valence-corrected chi connectivity index (χ2v) is 4.92. The summed E-state index contributed by atoms with van der Waals surface area (Å²) < 4.78 is 18.8. The molecule has 1 saturated heterocycles. The molecule has 1 aromatic carbocycles. The van der Waals surface area contributed by atoms with Crippen molar-refractivity contribution in [3.05, 3.63) is 42.5 Å². The van der Waals surface area contributed by atoms with E-state index in [2.05, 4.69) is 15.3 Å². The Morgan fingerprint density at radius 2 is 2.15 bits per heavy atom. The molecule has 1 unspecified atom stereocenters. The third kappa shape index (κ3) is 3.11. The first-order valence-electron chi connectivity index (χ1n) is 6.73. The number of halogens is 1. The van der Waals surface area contributed by atoms with Crippen LogP contribution in [0.4, 0.5) is 4.39 Å². The van der Waals surface area contributed by atoms with E-state index in [1.165, 1.54) is 12.1 Å². The first kappa shape index (κ1) is 13.0. The van der Waals surface area contributed by atoms with Crippen molar-refractivity contribution in [1.82, 2.24) is 15.3 Å². The number of aromatic nitrogens is 2. The molecule has 0 radical (unpaired) electrons. The minimum absolute atomic E-state index is 0.292. The van der Waals surface area contributed by atoms with E-state index in [0.717, 1.165) is 19.5 Å². The van der Waals surface area contributed by atoms with Gasteiger partial charge in [0, 0.05) is 18.0 Å². The lowest BCUT2D eigenvalue weighted by atomic mass is 10.1. The molecule has 104 valence electrons. The van der Waals surface area contributed by atoms with Gasteiger partial charge in [-0.15, -0.1) is 0 Å². The fourth-order valence-corrected chi connectivity index (χ4v) is 2.24. The summed E-state index contributed by atoms with van der Waals surface area (Å²) in [4.78, 5) is 8.43. The van der Waals surface area contributed by atoms with Crippen molar-refractivity contribution >= 4 is 0 Å². The first-order valence-corrected chi connectivity index (χ1v) is 6.73. The Balaban J connectivity index is 1.65. The minimum atomic E-state index is -0.292. The summed E-state index contributed by atoms with van der Waals surface area (Å²) in [6, 6.07) is 6.24. The Kier molecular flexibility index (Phi) is 3.87. The molecule has 1 aliphatic heterocycles. The maximum atomic E-state index is 13.1. The molecule has 1 fully saturated rings. The summed E-state index contributed by atoms with van der Waals surface area (Å²) in [5.41, 5.74) is 0.663. The van der Waals surface area contributed by atoms with Crippen LogP contribution < -0.4 is 10.1 Å². The zero-order valence-corrected chi connectivity index (χ0v) is 11.1. The standard InChI is InChI=1S/C15H16FN3O/c16-13-3-1-2-12(6-13)15-18-8-14(9-19-15)20-10-11-4-5-17-7-11/h1-3,6,8-9,11,17H,4-5,7,10H2. The van der Waals surface area contributed by atoms with Gasteiger partial charge in [-0.1, -0.05) is 12.1 Å². The van der Waals surface area contributed by atoms with Gasteiger partial charge in [0.25, 0.3) is 0 Å². The fourth-order valence-electron chi connectivity index (χ4n) is 2.24. The fraction of sp³-hybridized carbons (Fsp3) is 0.333. The molecule has 1 aromatic heterocycles. The number of hydrogen-bond acceptors (Lipinski definition) is 4. The Labute approximate surface area is 117 Å². The van der Waals surface area contributed by atoms with Gasteiger partial charge in [0.1, 0.15) is 5.82 Å². The summed E-state index contributed by atoms with van der Waals surface area (Å²) in [6.07, 6.45) is 4.41. The molecule has 0 spiro atoms. The molecule has 4 nitrogen and oxygen atoms in total. The molecule has 1 atom stereocenters. The van der Waals surface area contributed by atoms with Gasteiger partial charge in [0.15, 0.2) is 11.6 Å². The van der Waals surface area contributed by atoms with E-state index in [4.69, 9.17) is 4.74 Å². The van der Waals surface area contributed by atoms with Crippen LogP contribution in [0.2, 0.25) is 0 Å². The number of rotatable bonds is 4. The van der Waals surface area contributed by atoms with Crippen LogP contribution in [-0.2, 0) is 0 Å². The van der Waals surface area contributed by atoms with Gasteiger partial charge in [-0.25, -0.2) is 14.4 Å². The SMILES string of the molecule is Fc1cccc(-c2ncc(OCC3CCNC3)cn2)c1. The lowest BCUT2D eigenvalue weighted by Gasteiger charge is -2.10. The third-order valence-electron chi connectivity index (χ3n) is 3.36. The summed E-state index contributed by atoms with van der Waals surface area (Å²) in [5, 5.41) is 3.30. The zero-order valence-electron chi connectivity index (χ0n) is 11.1. The van der Waals surface area contributed by atoms with Crippen molar-refractivity contribution in [3.8, 4) is 17.1 Å². The molecule has 0 bridgehead atoms. The molecular formula is C15H16FN3O. The van der Waals surface area contributed by atoms with Crippen molar-refractivity contribution in [2.24, 2.45) is 5.92 Å². The van der Waals surface area contributed by atoms with E-state index in [1.807, 2.05) is 0 Å². The molecule has 1 N–H and O–H groups in total. The van der Waals surface area contributed by atoms with Crippen LogP contribution in [0.1, 0.15) is 6.42 Å². The first-order chi connectivity index (χ1) is 9.81. The highest BCUT2D eigenvalue weighted by Crippen LogP contribution is 2.18. The largest absolute Gasteiger partial charge is 0.490 e. The van der Waals surface area contributed by atoms with Crippen LogP contribution in [0.5, 0.6) is 5.75 Å². The van der Waals surface area contributed by atoms with Crippen LogP contribution in [-0.4, -0.2) is 29.7 Å². The highest BCUT2D eigenvalue weighted by molar-refractivity contribution is 5.54. The predicted molar refractivity (Wildman–Crippen MR) is 73.9 cm³/mol. The molecule has 20 heavy (non-hydrogen) atoms. The average molecular weight is 273 g/mol. The Morgan fingerprint density at radius 3 is 2.85 bits per heavy atom. The van der Waals surface area contributed by atoms with E-state index in [1.54, 1.807) is 24.5 Å². The van der Waals surface area contributed by atoms with Gasteiger partial charge in [-0.2, -0.15) is 0 Å². The predicted octanol–water partition coefficient (Wildman–Crippen LogP) is 2.27. The van der Waals surface area contributed by atoms with Crippen LogP contribution in [0, 0.1) is 11.7 Å². The third-order valence-corrected chi connectivity index (χ3v) is 3.36. The number of hydrogen-bond donors (Lipinski definition) is 1. The van der Waals surface area contributed by atoms with E-state index in [0.29, 0.717) is 29.7 Å². The van der Waals surface area contributed by atoms with Crippen LogP contribution in [0.3, 0.4) is 0 Å². The van der Waals surface area contributed by atoms with Gasteiger partial charge < -0.3 is 10.1 Å². The average Bonchev–Trinajstić information content (AvgIpc) is 2.99. The van der Waals surface area contributed by atoms with Crippen molar-refractivity contribution in [2.75, 3.05) is 19.7 Å². The van der Waals surface area contributed by atoms with Crippen molar-refractivity contribution < 1.29 is 9.13 Å². The molecule has 0 amide bonds. The lowest BCUT2D eigenvalue weighted by molar-refractivity contribution is 0.258. The van der Waals surface area contributed by atoms with Crippen LogP contribution in [0.25, 0.3) is 11.4 Å². The van der Waals surface area contributed by atoms with Crippen LogP contribution >= 0.6 is 0 Å². The lowest BCUT2D eigenvalue weighted by Crippen LogP contribution is -2.15. The topological polar surface area (TPSA) is 47.0 Å². The maximum Gasteiger partial charge on any atom is 0.159 e. The van der Waals surface area contributed by atoms with Crippen LogP contribution in [0.15, 0.2) is 36.7 Å². The molecule has 3 rings (SSSR count). The minimum Gasteiger partial charge on any atom is -0.490 e. The number of nitrogens with one attached hydrogen (secondary N) is 1. The Bertz CT molecular complexity index is 568. The summed E-state index contributed by atoms with van der Waals surface area (Å²) in [7, 11) is 0. The second-order valence-electron chi connectivity index (χ2n) is 4.92. The van der Waals surface area contributed by atoms with Gasteiger partial charge in [0.2, 0.25) is 0 Å². The molecule has 1 aliphatic rings.